The minimum atomic E-state index is -0.0980. The van der Waals surface area contributed by atoms with Gasteiger partial charge < -0.3 is 9.47 Å². The first kappa shape index (κ1) is 21.9. The second-order valence-electron chi connectivity index (χ2n) is 5.87. The van der Waals surface area contributed by atoms with Crippen LogP contribution in [0.3, 0.4) is 0 Å². The molecule has 0 unspecified atom stereocenters. The molecule has 23 heavy (non-hydrogen) atoms. The highest BCUT2D eigenvalue weighted by Gasteiger charge is 2.01. The molecule has 0 N–H and O–H groups in total. The van der Waals surface area contributed by atoms with Crippen LogP contribution in [0.15, 0.2) is 24.3 Å². The summed E-state index contributed by atoms with van der Waals surface area (Å²) in [4.78, 5) is 11.3. The van der Waals surface area contributed by atoms with Crippen molar-refractivity contribution in [1.29, 1.82) is 0 Å². The van der Waals surface area contributed by atoms with E-state index in [1.165, 1.54) is 51.4 Å². The number of ether oxygens (including phenoxy) is 2. The molecule has 0 aromatic heterocycles. The summed E-state index contributed by atoms with van der Waals surface area (Å²) in [6, 6.07) is 0. The zero-order valence-electron chi connectivity index (χ0n) is 15.2. The van der Waals surface area contributed by atoms with E-state index in [4.69, 9.17) is 9.47 Å². The van der Waals surface area contributed by atoms with E-state index in [-0.39, 0.29) is 5.97 Å². The quantitative estimate of drug-likeness (QED) is 0.211. The van der Waals surface area contributed by atoms with Crippen LogP contribution in [-0.4, -0.2) is 26.3 Å². The van der Waals surface area contributed by atoms with Gasteiger partial charge in [-0.25, -0.2) is 0 Å². The molecule has 3 nitrogen and oxygen atoms in total. The predicted molar refractivity (Wildman–Crippen MR) is 97.6 cm³/mol. The van der Waals surface area contributed by atoms with Gasteiger partial charge in [0.25, 0.3) is 0 Å². The van der Waals surface area contributed by atoms with Crippen molar-refractivity contribution in [3.05, 3.63) is 24.3 Å². The lowest BCUT2D eigenvalue weighted by Gasteiger charge is -2.04. The van der Waals surface area contributed by atoms with Crippen LogP contribution in [0.25, 0.3) is 0 Å². The van der Waals surface area contributed by atoms with Crippen molar-refractivity contribution < 1.29 is 14.3 Å². The van der Waals surface area contributed by atoms with Gasteiger partial charge in [0.1, 0.15) is 6.61 Å². The topological polar surface area (TPSA) is 35.5 Å². The maximum absolute atomic E-state index is 11.3. The van der Waals surface area contributed by atoms with Crippen LogP contribution in [0.2, 0.25) is 0 Å². The third-order valence-corrected chi connectivity index (χ3v) is 3.66. The van der Waals surface area contributed by atoms with E-state index in [9.17, 15) is 4.79 Å². The smallest absolute Gasteiger partial charge is 0.305 e. The Morgan fingerprint density at radius 2 is 1.43 bits per heavy atom. The number of carbonyl (C=O) groups excluding carboxylic acids is 1. The van der Waals surface area contributed by atoms with Crippen LogP contribution in [0.1, 0.15) is 77.6 Å². The van der Waals surface area contributed by atoms with E-state index in [1.54, 1.807) is 7.11 Å². The van der Waals surface area contributed by atoms with Crippen molar-refractivity contribution in [2.24, 2.45) is 0 Å². The molecule has 0 aromatic carbocycles. The number of carbonyl (C=O) groups is 1. The molecule has 0 bridgehead atoms. The van der Waals surface area contributed by atoms with Gasteiger partial charge in [0.05, 0.1) is 6.61 Å². The normalized spacial score (nSPS) is 11.6. The summed E-state index contributed by atoms with van der Waals surface area (Å²) in [6.07, 6.45) is 21.4. The van der Waals surface area contributed by atoms with Gasteiger partial charge in [-0.3, -0.25) is 4.79 Å². The maximum atomic E-state index is 11.3. The lowest BCUT2D eigenvalue weighted by Crippen LogP contribution is -2.09. The van der Waals surface area contributed by atoms with Crippen molar-refractivity contribution in [3.63, 3.8) is 0 Å². The number of rotatable bonds is 16. The summed E-state index contributed by atoms with van der Waals surface area (Å²) in [7, 11) is 1.61. The van der Waals surface area contributed by atoms with E-state index in [2.05, 4.69) is 31.2 Å². The molecule has 0 atom stereocenters. The average Bonchev–Trinajstić information content (AvgIpc) is 2.55. The molecule has 0 fully saturated rings. The highest BCUT2D eigenvalue weighted by molar-refractivity contribution is 5.69. The summed E-state index contributed by atoms with van der Waals surface area (Å²) in [5.41, 5.74) is 0. The maximum Gasteiger partial charge on any atom is 0.305 e. The number of unbranched alkanes of at least 4 members (excludes halogenated alkanes) is 8. The molecular weight excluding hydrogens is 288 g/mol. The Morgan fingerprint density at radius 1 is 0.826 bits per heavy atom. The molecule has 0 saturated carbocycles. The number of hydrogen-bond acceptors (Lipinski definition) is 3. The minimum Gasteiger partial charge on any atom is -0.463 e. The summed E-state index contributed by atoms with van der Waals surface area (Å²) >= 11 is 0. The van der Waals surface area contributed by atoms with Crippen LogP contribution in [0.5, 0.6) is 0 Å². The van der Waals surface area contributed by atoms with E-state index >= 15 is 0 Å². The molecule has 0 aliphatic rings. The van der Waals surface area contributed by atoms with E-state index in [0.717, 1.165) is 12.8 Å². The Hall–Kier alpha value is -1.09. The second kappa shape index (κ2) is 19.0. The largest absolute Gasteiger partial charge is 0.463 e. The molecule has 0 saturated heterocycles. The number of methoxy groups -OCH3 is 1. The van der Waals surface area contributed by atoms with Crippen LogP contribution in [0.4, 0.5) is 0 Å². The molecule has 0 aliphatic heterocycles. The first-order valence-electron chi connectivity index (χ1n) is 9.27. The standard InChI is InChI=1S/C20H36O3/c1-3-4-5-6-7-8-9-10-11-12-13-14-15-16-17-20(21)23-19-18-22-2/h6-9H,3-5,10-19H2,1-2H3. The van der Waals surface area contributed by atoms with Gasteiger partial charge in [-0.05, 0) is 25.7 Å². The molecular formula is C20H36O3. The zero-order valence-corrected chi connectivity index (χ0v) is 15.2. The Morgan fingerprint density at radius 3 is 2.09 bits per heavy atom. The summed E-state index contributed by atoms with van der Waals surface area (Å²) < 4.78 is 9.85. The first-order chi connectivity index (χ1) is 11.3. The van der Waals surface area contributed by atoms with Crippen LogP contribution in [0, 0.1) is 0 Å². The SMILES string of the molecule is CCCCC=CC=CCCCCCCCCC(=O)OCCOC. The second-order valence-corrected chi connectivity index (χ2v) is 5.87. The molecule has 0 spiro atoms. The number of esters is 1. The van der Waals surface area contributed by atoms with Crippen molar-refractivity contribution >= 4 is 5.97 Å². The molecule has 0 aromatic rings. The van der Waals surface area contributed by atoms with Gasteiger partial charge in [-0.1, -0.05) is 69.8 Å². The molecule has 3 heteroatoms. The fraction of sp³-hybridized carbons (Fsp3) is 0.750. The van der Waals surface area contributed by atoms with Gasteiger partial charge in [0.15, 0.2) is 0 Å². The van der Waals surface area contributed by atoms with E-state index in [0.29, 0.717) is 19.6 Å². The Balaban J connectivity index is 3.22. The van der Waals surface area contributed by atoms with E-state index in [1.807, 2.05) is 0 Å². The minimum absolute atomic E-state index is 0.0980. The van der Waals surface area contributed by atoms with Crippen LogP contribution >= 0.6 is 0 Å². The fourth-order valence-electron chi connectivity index (χ4n) is 2.22. The predicted octanol–water partition coefficient (Wildman–Crippen LogP) is 5.60. The van der Waals surface area contributed by atoms with Crippen LogP contribution in [-0.2, 0) is 14.3 Å². The van der Waals surface area contributed by atoms with Crippen molar-refractivity contribution in [3.8, 4) is 0 Å². The van der Waals surface area contributed by atoms with Gasteiger partial charge in [0.2, 0.25) is 0 Å². The Kier molecular flexibility index (Phi) is 18.1. The summed E-state index contributed by atoms with van der Waals surface area (Å²) in [5, 5.41) is 0. The molecule has 0 aliphatic carbocycles. The highest BCUT2D eigenvalue weighted by atomic mass is 16.6. The number of allylic oxidation sites excluding steroid dienone is 4. The van der Waals surface area contributed by atoms with Gasteiger partial charge in [-0.15, -0.1) is 0 Å². The molecule has 0 heterocycles. The lowest BCUT2D eigenvalue weighted by molar-refractivity contribution is -0.145. The Labute approximate surface area is 143 Å². The van der Waals surface area contributed by atoms with Gasteiger partial charge in [-0.2, -0.15) is 0 Å². The number of hydrogen-bond donors (Lipinski definition) is 0. The third kappa shape index (κ3) is 18.9. The van der Waals surface area contributed by atoms with Crippen molar-refractivity contribution in [2.45, 2.75) is 77.6 Å². The molecule has 0 radical (unpaired) electrons. The lowest BCUT2D eigenvalue weighted by atomic mass is 10.1. The van der Waals surface area contributed by atoms with E-state index < -0.39 is 0 Å². The average molecular weight is 325 g/mol. The van der Waals surface area contributed by atoms with Crippen molar-refractivity contribution in [1.82, 2.24) is 0 Å². The first-order valence-corrected chi connectivity index (χ1v) is 9.27. The zero-order chi connectivity index (χ0) is 17.0. The third-order valence-electron chi connectivity index (χ3n) is 3.66. The van der Waals surface area contributed by atoms with Gasteiger partial charge in [0, 0.05) is 13.5 Å². The highest BCUT2D eigenvalue weighted by Crippen LogP contribution is 2.09. The Bertz CT molecular complexity index is 308. The van der Waals surface area contributed by atoms with Gasteiger partial charge >= 0.3 is 5.97 Å². The van der Waals surface area contributed by atoms with Crippen LogP contribution < -0.4 is 0 Å². The monoisotopic (exact) mass is 324 g/mol. The summed E-state index contributed by atoms with van der Waals surface area (Å²) in [5.74, 6) is -0.0980. The van der Waals surface area contributed by atoms with Crippen molar-refractivity contribution in [2.75, 3.05) is 20.3 Å². The molecule has 0 amide bonds. The summed E-state index contributed by atoms with van der Waals surface area (Å²) in [6.45, 7) is 3.07. The molecule has 0 rings (SSSR count). The fourth-order valence-corrected chi connectivity index (χ4v) is 2.22. The molecule has 134 valence electrons.